The third-order valence-corrected chi connectivity index (χ3v) is 6.68. The van der Waals surface area contributed by atoms with Crippen LogP contribution in [0.5, 0.6) is 0 Å². The molecule has 0 aromatic rings. The number of carboxylic acids is 1. The van der Waals surface area contributed by atoms with Crippen LogP contribution in [0.3, 0.4) is 0 Å². The van der Waals surface area contributed by atoms with Gasteiger partial charge in [0.05, 0.1) is 0 Å². The van der Waals surface area contributed by atoms with Crippen molar-refractivity contribution in [1.29, 1.82) is 0 Å². The summed E-state index contributed by atoms with van der Waals surface area (Å²) in [4.78, 5) is 10.8. The lowest BCUT2D eigenvalue weighted by atomic mass is 9.48. The van der Waals surface area contributed by atoms with Crippen LogP contribution in [0.2, 0.25) is 0 Å². The van der Waals surface area contributed by atoms with E-state index in [1.807, 2.05) is 6.92 Å². The minimum atomic E-state index is -0.854. The SMILES string of the molecule is CC1=CC[C@H]2[C@](C)(CO)CCC[C@]2(C)[C@H]1CC/C(C)=C/C(=O)O. The highest BCUT2D eigenvalue weighted by Gasteiger charge is 2.52. The van der Waals surface area contributed by atoms with Crippen LogP contribution in [-0.4, -0.2) is 22.8 Å². The zero-order valence-corrected chi connectivity index (χ0v) is 15.1. The number of hydrogen-bond donors (Lipinski definition) is 2. The van der Waals surface area contributed by atoms with E-state index in [1.165, 1.54) is 24.5 Å². The summed E-state index contributed by atoms with van der Waals surface area (Å²) in [6.07, 6.45) is 10.1. The van der Waals surface area contributed by atoms with Gasteiger partial charge in [-0.3, -0.25) is 0 Å². The molecule has 3 nitrogen and oxygen atoms in total. The molecular weight excluding hydrogens is 288 g/mol. The van der Waals surface area contributed by atoms with Crippen molar-refractivity contribution < 1.29 is 15.0 Å². The zero-order valence-electron chi connectivity index (χ0n) is 15.1. The van der Waals surface area contributed by atoms with Crippen LogP contribution in [-0.2, 0) is 4.79 Å². The molecule has 0 spiro atoms. The molecule has 0 saturated heterocycles. The zero-order chi connectivity index (χ0) is 17.3. The Kier molecular flexibility index (Phi) is 5.40. The van der Waals surface area contributed by atoms with Crippen molar-refractivity contribution in [2.75, 3.05) is 6.61 Å². The lowest BCUT2D eigenvalue weighted by Gasteiger charge is -2.57. The van der Waals surface area contributed by atoms with E-state index in [9.17, 15) is 9.90 Å². The molecule has 0 radical (unpaired) electrons. The van der Waals surface area contributed by atoms with E-state index in [-0.39, 0.29) is 17.4 Å². The standard InChI is InChI=1S/C20H32O3/c1-14(12-18(22)23)6-8-16-15(2)7-9-17-19(3,13-21)10-5-11-20(16,17)4/h7,12,16-17,21H,5-6,8-11,13H2,1-4H3,(H,22,23)/b14-12+/t16-,17-,19-,20+/m0/s1. The Hall–Kier alpha value is -1.09. The Morgan fingerprint density at radius 2 is 2.09 bits per heavy atom. The van der Waals surface area contributed by atoms with Gasteiger partial charge in [-0.25, -0.2) is 4.79 Å². The number of allylic oxidation sites excluding steroid dienone is 3. The number of carbonyl (C=O) groups is 1. The fourth-order valence-corrected chi connectivity index (χ4v) is 5.36. The average molecular weight is 320 g/mol. The van der Waals surface area contributed by atoms with Crippen molar-refractivity contribution in [3.63, 3.8) is 0 Å². The first-order valence-corrected chi connectivity index (χ1v) is 8.90. The Morgan fingerprint density at radius 1 is 1.39 bits per heavy atom. The maximum Gasteiger partial charge on any atom is 0.328 e. The number of fused-ring (bicyclic) bond motifs is 1. The van der Waals surface area contributed by atoms with Crippen molar-refractivity contribution in [2.24, 2.45) is 22.7 Å². The summed E-state index contributed by atoms with van der Waals surface area (Å²) >= 11 is 0. The molecule has 2 rings (SSSR count). The molecule has 2 N–H and O–H groups in total. The Labute approximate surface area is 140 Å². The van der Waals surface area contributed by atoms with E-state index >= 15 is 0 Å². The largest absolute Gasteiger partial charge is 0.478 e. The molecule has 0 aromatic heterocycles. The Bertz CT molecular complexity index is 519. The van der Waals surface area contributed by atoms with Crippen LogP contribution in [0.15, 0.2) is 23.3 Å². The molecule has 2 aliphatic carbocycles. The van der Waals surface area contributed by atoms with Crippen molar-refractivity contribution >= 4 is 5.97 Å². The fraction of sp³-hybridized carbons (Fsp3) is 0.750. The van der Waals surface area contributed by atoms with Gasteiger partial charge in [-0.2, -0.15) is 0 Å². The van der Waals surface area contributed by atoms with Crippen LogP contribution in [0.25, 0.3) is 0 Å². The molecule has 130 valence electrons. The number of aliphatic hydroxyl groups excluding tert-OH is 1. The molecular formula is C20H32O3. The van der Waals surface area contributed by atoms with Crippen LogP contribution in [0.4, 0.5) is 0 Å². The number of carboxylic acid groups (broad SMARTS) is 1. The van der Waals surface area contributed by atoms with Crippen molar-refractivity contribution in [3.8, 4) is 0 Å². The lowest BCUT2D eigenvalue weighted by molar-refractivity contribution is -0.131. The van der Waals surface area contributed by atoms with Gasteiger partial charge in [0, 0.05) is 12.7 Å². The third-order valence-electron chi connectivity index (χ3n) is 6.68. The number of rotatable bonds is 5. The maximum atomic E-state index is 10.8. The van der Waals surface area contributed by atoms with E-state index < -0.39 is 5.97 Å². The molecule has 0 bridgehead atoms. The van der Waals surface area contributed by atoms with Crippen molar-refractivity contribution in [1.82, 2.24) is 0 Å². The molecule has 0 heterocycles. The summed E-state index contributed by atoms with van der Waals surface area (Å²) < 4.78 is 0. The van der Waals surface area contributed by atoms with E-state index in [2.05, 4.69) is 26.8 Å². The fourth-order valence-electron chi connectivity index (χ4n) is 5.36. The second-order valence-electron chi connectivity index (χ2n) is 8.33. The number of aliphatic hydroxyl groups is 1. The minimum absolute atomic E-state index is 0.0222. The van der Waals surface area contributed by atoms with Crippen molar-refractivity contribution in [2.45, 2.75) is 66.2 Å². The molecule has 4 atom stereocenters. The monoisotopic (exact) mass is 320 g/mol. The van der Waals surface area contributed by atoms with Gasteiger partial charge in [0.2, 0.25) is 0 Å². The molecule has 23 heavy (non-hydrogen) atoms. The summed E-state index contributed by atoms with van der Waals surface area (Å²) in [7, 11) is 0. The van der Waals surface area contributed by atoms with E-state index in [0.717, 1.165) is 31.3 Å². The minimum Gasteiger partial charge on any atom is -0.478 e. The first-order chi connectivity index (χ1) is 10.7. The average Bonchev–Trinajstić information content (AvgIpc) is 2.45. The molecule has 1 saturated carbocycles. The normalized spacial score (nSPS) is 38.0. The summed E-state index contributed by atoms with van der Waals surface area (Å²) in [5, 5.41) is 18.9. The number of aliphatic carboxylic acids is 1. The molecule has 1 fully saturated rings. The maximum absolute atomic E-state index is 10.8. The molecule has 0 amide bonds. The van der Waals surface area contributed by atoms with Gasteiger partial charge in [-0.1, -0.05) is 37.5 Å². The highest BCUT2D eigenvalue weighted by Crippen LogP contribution is 2.60. The van der Waals surface area contributed by atoms with Crippen LogP contribution in [0.1, 0.15) is 66.2 Å². The highest BCUT2D eigenvalue weighted by molar-refractivity contribution is 5.80. The van der Waals surface area contributed by atoms with E-state index in [0.29, 0.717) is 11.8 Å². The first kappa shape index (κ1) is 18.3. The second kappa shape index (κ2) is 6.80. The summed E-state index contributed by atoms with van der Waals surface area (Å²) in [5.74, 6) is 0.156. The van der Waals surface area contributed by atoms with Gasteiger partial charge < -0.3 is 10.2 Å². The predicted octanol–water partition coefficient (Wildman–Crippen LogP) is 4.57. The van der Waals surface area contributed by atoms with E-state index in [1.54, 1.807) is 0 Å². The van der Waals surface area contributed by atoms with E-state index in [4.69, 9.17) is 5.11 Å². The van der Waals surface area contributed by atoms with Crippen LogP contribution >= 0.6 is 0 Å². The van der Waals surface area contributed by atoms with Gasteiger partial charge in [0.25, 0.3) is 0 Å². The van der Waals surface area contributed by atoms with Crippen LogP contribution in [0, 0.1) is 22.7 Å². The van der Waals surface area contributed by atoms with Gasteiger partial charge in [-0.05, 0) is 68.6 Å². The quantitative estimate of drug-likeness (QED) is 0.576. The topological polar surface area (TPSA) is 57.5 Å². The smallest absolute Gasteiger partial charge is 0.328 e. The van der Waals surface area contributed by atoms with Gasteiger partial charge in [-0.15, -0.1) is 0 Å². The lowest BCUT2D eigenvalue weighted by Crippen LogP contribution is -2.50. The molecule has 2 aliphatic rings. The van der Waals surface area contributed by atoms with Gasteiger partial charge in [0.15, 0.2) is 0 Å². The van der Waals surface area contributed by atoms with Crippen LogP contribution < -0.4 is 0 Å². The predicted molar refractivity (Wildman–Crippen MR) is 93.1 cm³/mol. The molecule has 3 heteroatoms. The van der Waals surface area contributed by atoms with Crippen molar-refractivity contribution in [3.05, 3.63) is 23.3 Å². The Morgan fingerprint density at radius 3 is 2.70 bits per heavy atom. The molecule has 0 unspecified atom stereocenters. The highest BCUT2D eigenvalue weighted by atomic mass is 16.4. The van der Waals surface area contributed by atoms with Gasteiger partial charge in [0.1, 0.15) is 0 Å². The summed E-state index contributed by atoms with van der Waals surface area (Å²) in [6, 6.07) is 0. The third kappa shape index (κ3) is 3.55. The summed E-state index contributed by atoms with van der Waals surface area (Å²) in [5.41, 5.74) is 2.64. The molecule has 0 aliphatic heterocycles. The van der Waals surface area contributed by atoms with Gasteiger partial charge >= 0.3 is 5.97 Å². The second-order valence-corrected chi connectivity index (χ2v) is 8.33. The summed E-state index contributed by atoms with van der Waals surface area (Å²) in [6.45, 7) is 9.06. The Balaban J connectivity index is 2.22. The number of hydrogen-bond acceptors (Lipinski definition) is 2. The molecule has 0 aromatic carbocycles. The first-order valence-electron chi connectivity index (χ1n) is 8.90.